The predicted molar refractivity (Wildman–Crippen MR) is 112 cm³/mol. The van der Waals surface area contributed by atoms with Crippen LogP contribution in [0.25, 0.3) is 0 Å². The van der Waals surface area contributed by atoms with Crippen LogP contribution in [0.3, 0.4) is 0 Å². The van der Waals surface area contributed by atoms with Crippen molar-refractivity contribution in [3.8, 4) is 0 Å². The predicted octanol–water partition coefficient (Wildman–Crippen LogP) is 4.72. The molecule has 1 fully saturated rings. The Bertz CT molecular complexity index is 855. The van der Waals surface area contributed by atoms with Crippen molar-refractivity contribution in [2.75, 3.05) is 19.6 Å². The number of hydrogen-bond donors (Lipinski definition) is 0. The number of rotatable bonds is 5. The molecule has 0 saturated carbocycles. The molecule has 2 heterocycles. The molecule has 0 spiro atoms. The summed E-state index contributed by atoms with van der Waals surface area (Å²) in [5, 5.41) is 0.520. The number of carbonyl (C=O) groups is 3. The third kappa shape index (κ3) is 4.08. The molecule has 154 valence electrons. The number of fused-ring (bicyclic) bond motifs is 2. The van der Waals surface area contributed by atoms with Gasteiger partial charge in [0.05, 0.1) is 21.2 Å². The van der Waals surface area contributed by atoms with E-state index in [2.05, 4.69) is 6.08 Å². The van der Waals surface area contributed by atoms with Crippen molar-refractivity contribution in [3.05, 3.63) is 45.0 Å². The number of imide groups is 1. The summed E-state index contributed by atoms with van der Waals surface area (Å²) in [7, 11) is 0. The highest BCUT2D eigenvalue weighted by molar-refractivity contribution is 6.43. The highest BCUT2D eigenvalue weighted by Gasteiger charge is 2.36. The molecule has 0 bridgehead atoms. The molecule has 7 heteroatoms. The van der Waals surface area contributed by atoms with Gasteiger partial charge >= 0.3 is 0 Å². The fourth-order valence-electron chi connectivity index (χ4n) is 4.54. The summed E-state index contributed by atoms with van der Waals surface area (Å²) in [4.78, 5) is 40.8. The largest absolute Gasteiger partial charge is 0.339 e. The van der Waals surface area contributed by atoms with Crippen molar-refractivity contribution in [1.82, 2.24) is 9.80 Å². The lowest BCUT2D eigenvalue weighted by Gasteiger charge is -2.36. The minimum atomic E-state index is -0.346. The van der Waals surface area contributed by atoms with E-state index in [4.69, 9.17) is 23.2 Å². The van der Waals surface area contributed by atoms with Crippen LogP contribution in [-0.2, 0) is 4.79 Å². The lowest BCUT2D eigenvalue weighted by Crippen LogP contribution is -2.40. The van der Waals surface area contributed by atoms with E-state index < -0.39 is 0 Å². The van der Waals surface area contributed by atoms with E-state index in [0.29, 0.717) is 42.9 Å². The van der Waals surface area contributed by atoms with Crippen LogP contribution in [0.2, 0.25) is 10.0 Å². The first kappa shape index (κ1) is 20.4. The van der Waals surface area contributed by atoms with E-state index >= 15 is 0 Å². The topological polar surface area (TPSA) is 57.7 Å². The number of piperidine rings is 1. The van der Waals surface area contributed by atoms with Crippen LogP contribution in [0.15, 0.2) is 23.8 Å². The Morgan fingerprint density at radius 2 is 1.72 bits per heavy atom. The average molecular weight is 435 g/mol. The summed E-state index contributed by atoms with van der Waals surface area (Å²) in [5.41, 5.74) is 2.02. The number of unbranched alkanes of at least 4 members (excludes halogenated alkanes) is 1. The molecule has 1 atom stereocenters. The summed E-state index contributed by atoms with van der Waals surface area (Å²) in [6.45, 7) is 1.90. The van der Waals surface area contributed by atoms with Crippen LogP contribution in [0, 0.1) is 5.92 Å². The van der Waals surface area contributed by atoms with Crippen LogP contribution < -0.4 is 0 Å². The highest BCUT2D eigenvalue weighted by atomic mass is 35.5. The third-order valence-electron chi connectivity index (χ3n) is 6.20. The van der Waals surface area contributed by atoms with Gasteiger partial charge in [-0.25, -0.2) is 0 Å². The maximum absolute atomic E-state index is 12.6. The van der Waals surface area contributed by atoms with E-state index in [1.807, 2.05) is 4.90 Å². The molecule has 5 nitrogen and oxygen atoms in total. The van der Waals surface area contributed by atoms with Crippen molar-refractivity contribution in [2.45, 2.75) is 44.9 Å². The first-order valence-corrected chi connectivity index (χ1v) is 11.0. The van der Waals surface area contributed by atoms with Gasteiger partial charge in [0.2, 0.25) is 5.91 Å². The molecular weight excluding hydrogens is 411 g/mol. The highest BCUT2D eigenvalue weighted by Crippen LogP contribution is 2.33. The summed E-state index contributed by atoms with van der Waals surface area (Å²) in [5.74, 6) is 0.141. The SMILES string of the molecule is O=C(CCCCN1C(=O)c2cc(Cl)c(Cl)cc2C1=O)N1CCC2CCCC=C2C1. The number of halogens is 2. The van der Waals surface area contributed by atoms with Crippen LogP contribution in [0.1, 0.15) is 65.7 Å². The van der Waals surface area contributed by atoms with Gasteiger partial charge in [0.1, 0.15) is 0 Å². The molecule has 3 amide bonds. The molecular formula is C22H24Cl2N2O3. The summed E-state index contributed by atoms with van der Waals surface area (Å²) in [6, 6.07) is 2.90. The molecule has 2 aliphatic heterocycles. The summed E-state index contributed by atoms with van der Waals surface area (Å²) >= 11 is 11.9. The van der Waals surface area contributed by atoms with Gasteiger partial charge in [0.15, 0.2) is 0 Å². The van der Waals surface area contributed by atoms with Gasteiger partial charge in [0.25, 0.3) is 11.8 Å². The number of amides is 3. The number of carbonyl (C=O) groups excluding carboxylic acids is 3. The second kappa shape index (κ2) is 8.49. The maximum Gasteiger partial charge on any atom is 0.261 e. The van der Waals surface area contributed by atoms with Crippen LogP contribution in [-0.4, -0.2) is 47.2 Å². The molecule has 0 aromatic heterocycles. The number of benzene rings is 1. The molecule has 0 N–H and O–H groups in total. The summed E-state index contributed by atoms with van der Waals surface area (Å²) in [6.07, 6.45) is 8.71. The van der Waals surface area contributed by atoms with Gasteiger partial charge < -0.3 is 4.90 Å². The number of hydrogen-bond acceptors (Lipinski definition) is 3. The standard InChI is InChI=1S/C22H24Cl2N2O3/c23-18-11-16-17(12-19(18)24)22(29)26(21(16)28)9-4-3-7-20(27)25-10-8-14-5-1-2-6-15(14)13-25/h6,11-12,14H,1-5,7-10,13H2. The van der Waals surface area contributed by atoms with Gasteiger partial charge in [-0.15, -0.1) is 0 Å². The summed E-state index contributed by atoms with van der Waals surface area (Å²) < 4.78 is 0. The number of allylic oxidation sites excluding steroid dienone is 1. The fourth-order valence-corrected chi connectivity index (χ4v) is 4.87. The first-order valence-electron chi connectivity index (χ1n) is 10.3. The average Bonchev–Trinajstić information content (AvgIpc) is 2.95. The van der Waals surface area contributed by atoms with Gasteiger partial charge in [-0.05, 0) is 56.6 Å². The van der Waals surface area contributed by atoms with Gasteiger partial charge in [0, 0.05) is 26.1 Å². The maximum atomic E-state index is 12.6. The van der Waals surface area contributed by atoms with Crippen LogP contribution in [0.5, 0.6) is 0 Å². The quantitative estimate of drug-likeness (QED) is 0.382. The van der Waals surface area contributed by atoms with E-state index in [1.165, 1.54) is 35.4 Å². The molecule has 1 aliphatic carbocycles. The minimum absolute atomic E-state index is 0.163. The lowest BCUT2D eigenvalue weighted by molar-refractivity contribution is -0.131. The van der Waals surface area contributed by atoms with E-state index in [1.54, 1.807) is 0 Å². The first-order chi connectivity index (χ1) is 14.0. The van der Waals surface area contributed by atoms with Crippen LogP contribution in [0.4, 0.5) is 0 Å². The Labute approximate surface area is 180 Å². The minimum Gasteiger partial charge on any atom is -0.339 e. The zero-order chi connectivity index (χ0) is 20.5. The van der Waals surface area contributed by atoms with Crippen LogP contribution >= 0.6 is 23.2 Å². The van der Waals surface area contributed by atoms with Crippen molar-refractivity contribution in [1.29, 1.82) is 0 Å². The molecule has 1 aromatic carbocycles. The number of nitrogens with zero attached hydrogens (tertiary/aromatic N) is 2. The molecule has 1 aromatic rings. The second-order valence-corrected chi connectivity index (χ2v) is 8.86. The zero-order valence-corrected chi connectivity index (χ0v) is 17.8. The molecule has 0 radical (unpaired) electrons. The Morgan fingerprint density at radius 3 is 2.41 bits per heavy atom. The van der Waals surface area contributed by atoms with Crippen molar-refractivity contribution in [3.63, 3.8) is 0 Å². The monoisotopic (exact) mass is 434 g/mol. The van der Waals surface area contributed by atoms with E-state index in [-0.39, 0.29) is 27.8 Å². The van der Waals surface area contributed by atoms with Crippen molar-refractivity contribution < 1.29 is 14.4 Å². The van der Waals surface area contributed by atoms with Gasteiger partial charge in [-0.3, -0.25) is 19.3 Å². The van der Waals surface area contributed by atoms with Gasteiger partial charge in [-0.2, -0.15) is 0 Å². The van der Waals surface area contributed by atoms with E-state index in [9.17, 15) is 14.4 Å². The fraction of sp³-hybridized carbons (Fsp3) is 0.500. The molecule has 3 aliphatic rings. The lowest BCUT2D eigenvalue weighted by atomic mass is 9.82. The Morgan fingerprint density at radius 1 is 1.03 bits per heavy atom. The normalized spacial score (nSPS) is 21.2. The zero-order valence-electron chi connectivity index (χ0n) is 16.3. The Kier molecular flexibility index (Phi) is 5.98. The van der Waals surface area contributed by atoms with Crippen molar-refractivity contribution in [2.24, 2.45) is 5.92 Å². The third-order valence-corrected chi connectivity index (χ3v) is 6.92. The van der Waals surface area contributed by atoms with E-state index in [0.717, 1.165) is 25.9 Å². The van der Waals surface area contributed by atoms with Gasteiger partial charge in [-0.1, -0.05) is 34.9 Å². The molecule has 1 unspecified atom stereocenters. The van der Waals surface area contributed by atoms with Crippen molar-refractivity contribution >= 4 is 40.9 Å². The molecule has 1 saturated heterocycles. The smallest absolute Gasteiger partial charge is 0.261 e. The Balaban J connectivity index is 1.27. The molecule has 4 rings (SSSR count). The number of likely N-dealkylation sites (tertiary alicyclic amines) is 1. The Hall–Kier alpha value is -1.85. The second-order valence-electron chi connectivity index (χ2n) is 8.04. The molecule has 29 heavy (non-hydrogen) atoms.